The van der Waals surface area contributed by atoms with E-state index in [4.69, 9.17) is 5.73 Å². The molecule has 1 aliphatic rings. The van der Waals surface area contributed by atoms with Gasteiger partial charge in [-0.3, -0.25) is 4.79 Å². The third-order valence-electron chi connectivity index (χ3n) is 3.74. The minimum atomic E-state index is -0.318. The SMILES string of the molecule is CC(C)(C)OC=O.CC1CC(c2ccc(N)c(Br)c2)CC(C)N1. The Labute approximate surface area is 148 Å². The first-order valence-electron chi connectivity index (χ1n) is 8.04. The summed E-state index contributed by atoms with van der Waals surface area (Å²) in [6.07, 6.45) is 2.42. The molecule has 5 heteroatoms. The zero-order valence-electron chi connectivity index (χ0n) is 14.7. The molecule has 23 heavy (non-hydrogen) atoms. The van der Waals surface area contributed by atoms with Crippen LogP contribution in [0.5, 0.6) is 0 Å². The summed E-state index contributed by atoms with van der Waals surface area (Å²) in [6, 6.07) is 7.53. The molecule has 2 rings (SSSR count). The van der Waals surface area contributed by atoms with Crippen molar-refractivity contribution in [2.24, 2.45) is 0 Å². The first-order valence-corrected chi connectivity index (χ1v) is 8.84. The van der Waals surface area contributed by atoms with E-state index < -0.39 is 0 Å². The Morgan fingerprint density at radius 3 is 2.22 bits per heavy atom. The monoisotopic (exact) mass is 384 g/mol. The summed E-state index contributed by atoms with van der Waals surface area (Å²) in [7, 11) is 0. The van der Waals surface area contributed by atoms with Gasteiger partial charge in [0, 0.05) is 22.2 Å². The van der Waals surface area contributed by atoms with Crippen LogP contribution in [0.15, 0.2) is 22.7 Å². The third kappa shape index (κ3) is 7.36. The zero-order valence-corrected chi connectivity index (χ0v) is 16.3. The van der Waals surface area contributed by atoms with Gasteiger partial charge in [0.2, 0.25) is 0 Å². The zero-order chi connectivity index (χ0) is 17.6. The number of anilines is 1. The van der Waals surface area contributed by atoms with Gasteiger partial charge in [0.15, 0.2) is 0 Å². The molecule has 4 nitrogen and oxygen atoms in total. The summed E-state index contributed by atoms with van der Waals surface area (Å²) in [5, 5.41) is 3.57. The minimum absolute atomic E-state index is 0.318. The summed E-state index contributed by atoms with van der Waals surface area (Å²) < 4.78 is 5.57. The van der Waals surface area contributed by atoms with E-state index in [2.05, 4.69) is 52.0 Å². The summed E-state index contributed by atoms with van der Waals surface area (Å²) in [6.45, 7) is 10.4. The van der Waals surface area contributed by atoms with Crippen molar-refractivity contribution in [1.29, 1.82) is 0 Å². The van der Waals surface area contributed by atoms with Crippen molar-refractivity contribution in [3.05, 3.63) is 28.2 Å². The van der Waals surface area contributed by atoms with E-state index in [0.29, 0.717) is 24.5 Å². The predicted octanol–water partition coefficient (Wildman–Crippen LogP) is 4.23. The average Bonchev–Trinajstić information content (AvgIpc) is 2.40. The van der Waals surface area contributed by atoms with E-state index in [1.54, 1.807) is 0 Å². The second-order valence-corrected chi connectivity index (χ2v) is 8.10. The van der Waals surface area contributed by atoms with Gasteiger partial charge in [0.1, 0.15) is 5.60 Å². The van der Waals surface area contributed by atoms with Crippen LogP contribution in [0.3, 0.4) is 0 Å². The first kappa shape index (κ1) is 20.0. The number of hydrogen-bond acceptors (Lipinski definition) is 4. The van der Waals surface area contributed by atoms with Crippen LogP contribution in [-0.4, -0.2) is 24.2 Å². The number of nitrogens with one attached hydrogen (secondary N) is 1. The van der Waals surface area contributed by atoms with Crippen LogP contribution in [0.4, 0.5) is 5.69 Å². The van der Waals surface area contributed by atoms with Gasteiger partial charge >= 0.3 is 0 Å². The Balaban J connectivity index is 0.000000322. The minimum Gasteiger partial charge on any atom is -0.462 e. The smallest absolute Gasteiger partial charge is 0.293 e. The summed E-state index contributed by atoms with van der Waals surface area (Å²) in [5.41, 5.74) is 7.72. The van der Waals surface area contributed by atoms with Gasteiger partial charge in [0.05, 0.1) is 0 Å². The highest BCUT2D eigenvalue weighted by Gasteiger charge is 2.24. The standard InChI is InChI=1S/C13H19BrN2.C5H10O2/c1-8-5-11(6-9(2)16-8)10-3-4-13(15)12(14)7-10;1-5(2,3)7-4-6/h3-4,7-9,11,16H,5-6,15H2,1-2H3;4H,1-3H3. The summed E-state index contributed by atoms with van der Waals surface area (Å²) in [4.78, 5) is 9.60. The lowest BCUT2D eigenvalue weighted by molar-refractivity contribution is -0.138. The molecule has 1 saturated heterocycles. The lowest BCUT2D eigenvalue weighted by atomic mass is 9.84. The maximum absolute atomic E-state index is 9.60. The molecule has 1 aromatic carbocycles. The van der Waals surface area contributed by atoms with Crippen molar-refractivity contribution in [2.75, 3.05) is 5.73 Å². The van der Waals surface area contributed by atoms with Crippen LogP contribution in [0.2, 0.25) is 0 Å². The molecule has 2 atom stereocenters. The normalized spacial score (nSPS) is 24.3. The van der Waals surface area contributed by atoms with Crippen LogP contribution in [0.25, 0.3) is 0 Å². The quantitative estimate of drug-likeness (QED) is 0.591. The number of piperidine rings is 1. The molecule has 0 radical (unpaired) electrons. The molecule has 0 spiro atoms. The highest BCUT2D eigenvalue weighted by atomic mass is 79.9. The number of carbonyl (C=O) groups excluding carboxylic acids is 1. The number of carbonyl (C=O) groups is 1. The Morgan fingerprint density at radius 2 is 1.83 bits per heavy atom. The fraction of sp³-hybridized carbons (Fsp3) is 0.611. The number of benzene rings is 1. The number of ether oxygens (including phenoxy) is 1. The van der Waals surface area contributed by atoms with Gasteiger partial charge in [-0.2, -0.15) is 0 Å². The van der Waals surface area contributed by atoms with Gasteiger partial charge < -0.3 is 15.8 Å². The fourth-order valence-corrected chi connectivity index (χ4v) is 3.18. The van der Waals surface area contributed by atoms with Crippen molar-refractivity contribution in [1.82, 2.24) is 5.32 Å². The third-order valence-corrected chi connectivity index (χ3v) is 4.43. The fourth-order valence-electron chi connectivity index (χ4n) is 2.79. The predicted molar refractivity (Wildman–Crippen MR) is 99.5 cm³/mol. The molecule has 1 fully saturated rings. The lowest BCUT2D eigenvalue weighted by Crippen LogP contribution is -2.41. The molecule has 0 saturated carbocycles. The number of rotatable bonds is 2. The summed E-state index contributed by atoms with van der Waals surface area (Å²) in [5.74, 6) is 0.656. The lowest BCUT2D eigenvalue weighted by Gasteiger charge is -2.33. The molecule has 3 N–H and O–H groups in total. The van der Waals surface area contributed by atoms with Crippen molar-refractivity contribution in [2.45, 2.75) is 71.1 Å². The van der Waals surface area contributed by atoms with Gasteiger partial charge in [-0.05, 0) is 87.0 Å². The highest BCUT2D eigenvalue weighted by Crippen LogP contribution is 2.33. The first-order chi connectivity index (χ1) is 10.6. The molecule has 0 aliphatic carbocycles. The second-order valence-electron chi connectivity index (χ2n) is 7.24. The molecule has 1 aliphatic heterocycles. The van der Waals surface area contributed by atoms with Gasteiger partial charge in [0.25, 0.3) is 6.47 Å². The second kappa shape index (κ2) is 8.69. The van der Waals surface area contributed by atoms with E-state index in [9.17, 15) is 4.79 Å². The topological polar surface area (TPSA) is 64.3 Å². The Bertz CT molecular complexity index is 504. The number of nitrogens with two attached hydrogens (primary N) is 1. The maximum Gasteiger partial charge on any atom is 0.293 e. The Hall–Kier alpha value is -1.07. The molecule has 0 aromatic heterocycles. The van der Waals surface area contributed by atoms with Crippen molar-refractivity contribution < 1.29 is 9.53 Å². The molecular formula is C18H29BrN2O2. The highest BCUT2D eigenvalue weighted by molar-refractivity contribution is 9.10. The number of halogens is 1. The van der Waals surface area contributed by atoms with Crippen LogP contribution in [-0.2, 0) is 9.53 Å². The van der Waals surface area contributed by atoms with Crippen LogP contribution < -0.4 is 11.1 Å². The molecule has 2 unspecified atom stereocenters. The van der Waals surface area contributed by atoms with Crippen LogP contribution in [0.1, 0.15) is 58.9 Å². The van der Waals surface area contributed by atoms with E-state index in [-0.39, 0.29) is 5.60 Å². The van der Waals surface area contributed by atoms with Gasteiger partial charge in [-0.1, -0.05) is 6.07 Å². The van der Waals surface area contributed by atoms with Crippen molar-refractivity contribution >= 4 is 28.1 Å². The van der Waals surface area contributed by atoms with Crippen molar-refractivity contribution in [3.63, 3.8) is 0 Å². The Morgan fingerprint density at radius 1 is 1.26 bits per heavy atom. The largest absolute Gasteiger partial charge is 0.462 e. The summed E-state index contributed by atoms with van der Waals surface area (Å²) >= 11 is 3.50. The average molecular weight is 385 g/mol. The maximum atomic E-state index is 9.60. The van der Waals surface area contributed by atoms with Gasteiger partial charge in [-0.15, -0.1) is 0 Å². The van der Waals surface area contributed by atoms with E-state index in [1.165, 1.54) is 18.4 Å². The molecular weight excluding hydrogens is 356 g/mol. The van der Waals surface area contributed by atoms with Crippen LogP contribution >= 0.6 is 15.9 Å². The Kier molecular flexibility index (Phi) is 7.55. The molecule has 1 heterocycles. The van der Waals surface area contributed by atoms with Crippen LogP contribution in [0, 0.1) is 0 Å². The van der Waals surface area contributed by atoms with Crippen molar-refractivity contribution in [3.8, 4) is 0 Å². The van der Waals surface area contributed by atoms with E-state index in [0.717, 1.165) is 10.2 Å². The van der Waals surface area contributed by atoms with E-state index in [1.807, 2.05) is 26.8 Å². The van der Waals surface area contributed by atoms with E-state index >= 15 is 0 Å². The van der Waals surface area contributed by atoms with Gasteiger partial charge in [-0.25, -0.2) is 0 Å². The number of nitrogen functional groups attached to an aromatic ring is 1. The molecule has 0 bridgehead atoms. The molecule has 0 amide bonds. The number of hydrogen-bond donors (Lipinski definition) is 2. The molecule has 130 valence electrons. The molecule has 1 aromatic rings.